The minimum Gasteiger partial charge on any atom is -0.497 e. The van der Waals surface area contributed by atoms with Gasteiger partial charge in [-0.2, -0.15) is 4.98 Å². The Morgan fingerprint density at radius 3 is 2.75 bits per heavy atom. The second-order valence-corrected chi connectivity index (χ2v) is 8.05. The molecule has 5 N–H and O–H groups in total. The Bertz CT molecular complexity index is 1400. The summed E-state index contributed by atoms with van der Waals surface area (Å²) in [7, 11) is 1.69. The molecule has 0 aliphatic carbocycles. The Morgan fingerprint density at radius 2 is 1.88 bits per heavy atom. The standard InChI is InChI=1S/C25H26N6O/c1-15-9-19-10-16(3-7-22(19)30-15)12-28-24-18(14-29-25(26)31-24)5-4-17-13-27-23-8-6-20(32-2)11-21(17)23/h3,6-11,13-14,27,30H,4-5,12H2,1-2H3,(H3,26,28,29,31). The molecule has 3 heterocycles. The first-order valence-electron chi connectivity index (χ1n) is 10.7. The molecule has 5 rings (SSSR count). The van der Waals surface area contributed by atoms with Gasteiger partial charge in [0.2, 0.25) is 5.95 Å². The quantitative estimate of drug-likeness (QED) is 0.301. The van der Waals surface area contributed by atoms with Gasteiger partial charge in [0.05, 0.1) is 7.11 Å². The molecule has 0 fully saturated rings. The molecule has 2 aromatic carbocycles. The van der Waals surface area contributed by atoms with Crippen LogP contribution >= 0.6 is 0 Å². The third-order valence-electron chi connectivity index (χ3n) is 5.80. The van der Waals surface area contributed by atoms with Crippen LogP contribution in [-0.4, -0.2) is 27.0 Å². The highest BCUT2D eigenvalue weighted by molar-refractivity contribution is 5.84. The van der Waals surface area contributed by atoms with Crippen LogP contribution in [0.5, 0.6) is 5.75 Å². The zero-order valence-electron chi connectivity index (χ0n) is 18.2. The van der Waals surface area contributed by atoms with E-state index in [0.717, 1.165) is 46.7 Å². The molecule has 0 spiro atoms. The Hall–Kier alpha value is -4.00. The summed E-state index contributed by atoms with van der Waals surface area (Å²) < 4.78 is 5.38. The molecular formula is C25H26N6O. The highest BCUT2D eigenvalue weighted by Gasteiger charge is 2.10. The van der Waals surface area contributed by atoms with Crippen LogP contribution in [0.1, 0.15) is 22.4 Å². The van der Waals surface area contributed by atoms with E-state index in [9.17, 15) is 0 Å². The number of anilines is 2. The van der Waals surface area contributed by atoms with Gasteiger partial charge < -0.3 is 25.8 Å². The molecule has 0 bridgehead atoms. The van der Waals surface area contributed by atoms with Crippen molar-refractivity contribution >= 4 is 33.6 Å². The minimum atomic E-state index is 0.268. The zero-order valence-corrected chi connectivity index (χ0v) is 18.2. The van der Waals surface area contributed by atoms with Gasteiger partial charge in [-0.25, -0.2) is 4.98 Å². The lowest BCUT2D eigenvalue weighted by molar-refractivity contribution is 0.415. The molecule has 5 aromatic rings. The Labute approximate surface area is 186 Å². The summed E-state index contributed by atoms with van der Waals surface area (Å²) in [5, 5.41) is 5.84. The summed E-state index contributed by atoms with van der Waals surface area (Å²) in [5.41, 5.74) is 12.7. The second-order valence-electron chi connectivity index (χ2n) is 8.05. The molecule has 0 aliphatic heterocycles. The van der Waals surface area contributed by atoms with Crippen molar-refractivity contribution in [2.24, 2.45) is 0 Å². The van der Waals surface area contributed by atoms with Crippen LogP contribution in [-0.2, 0) is 19.4 Å². The fourth-order valence-corrected chi connectivity index (χ4v) is 4.14. The van der Waals surface area contributed by atoms with Crippen LogP contribution in [0.25, 0.3) is 21.8 Å². The first kappa shape index (κ1) is 19.9. The average molecular weight is 427 g/mol. The second kappa shape index (κ2) is 8.26. The molecular weight excluding hydrogens is 400 g/mol. The van der Waals surface area contributed by atoms with E-state index in [1.807, 2.05) is 18.3 Å². The predicted molar refractivity (Wildman–Crippen MR) is 129 cm³/mol. The molecule has 0 amide bonds. The van der Waals surface area contributed by atoms with Crippen LogP contribution in [0.2, 0.25) is 0 Å². The van der Waals surface area contributed by atoms with E-state index in [0.29, 0.717) is 6.54 Å². The molecule has 0 atom stereocenters. The first-order chi connectivity index (χ1) is 15.6. The maximum atomic E-state index is 5.89. The third-order valence-corrected chi connectivity index (χ3v) is 5.80. The fraction of sp³-hybridized carbons (Fsp3) is 0.200. The Kier molecular flexibility index (Phi) is 5.15. The van der Waals surface area contributed by atoms with E-state index in [4.69, 9.17) is 10.5 Å². The Balaban J connectivity index is 1.34. The van der Waals surface area contributed by atoms with Crippen LogP contribution in [0.3, 0.4) is 0 Å². The molecule has 0 radical (unpaired) electrons. The maximum Gasteiger partial charge on any atom is 0.221 e. The van der Waals surface area contributed by atoms with Gasteiger partial charge >= 0.3 is 0 Å². The lowest BCUT2D eigenvalue weighted by Gasteiger charge is -2.12. The van der Waals surface area contributed by atoms with Gasteiger partial charge in [0.1, 0.15) is 11.6 Å². The largest absolute Gasteiger partial charge is 0.497 e. The summed E-state index contributed by atoms with van der Waals surface area (Å²) in [6, 6.07) is 14.6. The molecule has 162 valence electrons. The van der Waals surface area contributed by atoms with Crippen LogP contribution < -0.4 is 15.8 Å². The van der Waals surface area contributed by atoms with Crippen LogP contribution in [0.4, 0.5) is 11.8 Å². The predicted octanol–water partition coefficient (Wildman–Crippen LogP) is 4.74. The van der Waals surface area contributed by atoms with Crippen molar-refractivity contribution in [2.45, 2.75) is 26.3 Å². The number of ether oxygens (including phenoxy) is 1. The monoisotopic (exact) mass is 426 g/mol. The maximum absolute atomic E-state index is 5.89. The number of aryl methyl sites for hydroxylation is 3. The molecule has 32 heavy (non-hydrogen) atoms. The lowest BCUT2D eigenvalue weighted by atomic mass is 10.0. The minimum absolute atomic E-state index is 0.268. The summed E-state index contributed by atoms with van der Waals surface area (Å²) >= 11 is 0. The van der Waals surface area contributed by atoms with Crippen LogP contribution in [0, 0.1) is 6.92 Å². The van der Waals surface area contributed by atoms with E-state index < -0.39 is 0 Å². The van der Waals surface area contributed by atoms with Gasteiger partial charge in [0.25, 0.3) is 0 Å². The topological polar surface area (TPSA) is 105 Å². The van der Waals surface area contributed by atoms with Gasteiger partial charge in [-0.1, -0.05) is 6.07 Å². The van der Waals surface area contributed by atoms with E-state index in [1.165, 1.54) is 21.9 Å². The van der Waals surface area contributed by atoms with E-state index in [2.05, 4.69) is 68.7 Å². The highest BCUT2D eigenvalue weighted by atomic mass is 16.5. The molecule has 0 saturated heterocycles. The number of nitrogens with one attached hydrogen (secondary N) is 3. The number of fused-ring (bicyclic) bond motifs is 2. The van der Waals surface area contributed by atoms with Gasteiger partial charge in [-0.05, 0) is 72.7 Å². The summed E-state index contributed by atoms with van der Waals surface area (Å²) in [6.07, 6.45) is 5.52. The third kappa shape index (κ3) is 3.97. The number of nitrogens with two attached hydrogens (primary N) is 1. The molecule has 0 aliphatic rings. The average Bonchev–Trinajstić information content (AvgIpc) is 3.38. The van der Waals surface area contributed by atoms with Crippen molar-refractivity contribution in [1.82, 2.24) is 19.9 Å². The summed E-state index contributed by atoms with van der Waals surface area (Å²) in [5.74, 6) is 1.90. The van der Waals surface area contributed by atoms with Crippen molar-refractivity contribution in [1.29, 1.82) is 0 Å². The first-order valence-corrected chi connectivity index (χ1v) is 10.7. The van der Waals surface area contributed by atoms with Crippen molar-refractivity contribution in [2.75, 3.05) is 18.2 Å². The molecule has 3 aromatic heterocycles. The number of rotatable bonds is 7. The Morgan fingerprint density at radius 1 is 1.03 bits per heavy atom. The SMILES string of the molecule is COc1ccc2[nH]cc(CCc3cnc(N)nc3NCc3ccc4[nH]c(C)cc4c3)c2c1. The fourth-order valence-electron chi connectivity index (χ4n) is 4.14. The molecule has 0 unspecified atom stereocenters. The van der Waals surface area contributed by atoms with Gasteiger partial charge in [0.15, 0.2) is 0 Å². The number of methoxy groups -OCH3 is 1. The lowest BCUT2D eigenvalue weighted by Crippen LogP contribution is -2.08. The smallest absolute Gasteiger partial charge is 0.221 e. The van der Waals surface area contributed by atoms with Crippen molar-refractivity contribution in [3.8, 4) is 5.75 Å². The molecule has 0 saturated carbocycles. The van der Waals surface area contributed by atoms with Crippen molar-refractivity contribution in [3.63, 3.8) is 0 Å². The van der Waals surface area contributed by atoms with Crippen molar-refractivity contribution < 1.29 is 4.74 Å². The normalized spacial score (nSPS) is 11.3. The highest BCUT2D eigenvalue weighted by Crippen LogP contribution is 2.26. The number of benzene rings is 2. The number of H-pyrrole nitrogens is 2. The van der Waals surface area contributed by atoms with E-state index in [1.54, 1.807) is 7.11 Å². The number of nitrogens with zero attached hydrogens (tertiary/aromatic N) is 2. The molecule has 7 nitrogen and oxygen atoms in total. The summed E-state index contributed by atoms with van der Waals surface area (Å²) in [6.45, 7) is 2.73. The zero-order chi connectivity index (χ0) is 22.1. The number of hydrogen-bond acceptors (Lipinski definition) is 5. The van der Waals surface area contributed by atoms with Crippen molar-refractivity contribution in [3.05, 3.63) is 77.2 Å². The van der Waals surface area contributed by atoms with Gasteiger partial charge in [-0.15, -0.1) is 0 Å². The number of aromatic amines is 2. The summed E-state index contributed by atoms with van der Waals surface area (Å²) in [4.78, 5) is 15.4. The van der Waals surface area contributed by atoms with Crippen LogP contribution in [0.15, 0.2) is 54.9 Å². The number of hydrogen-bond donors (Lipinski definition) is 4. The molecule has 7 heteroatoms. The van der Waals surface area contributed by atoms with E-state index >= 15 is 0 Å². The number of nitrogen functional groups attached to an aromatic ring is 1. The van der Waals surface area contributed by atoms with Gasteiger partial charge in [-0.3, -0.25) is 0 Å². The van der Waals surface area contributed by atoms with Gasteiger partial charge in [0, 0.05) is 46.6 Å². The van der Waals surface area contributed by atoms with E-state index in [-0.39, 0.29) is 5.95 Å². The number of aromatic nitrogens is 4.